The lowest BCUT2D eigenvalue weighted by molar-refractivity contribution is 0.557. The monoisotopic (exact) mass is 272 g/mol. The molecule has 0 heterocycles. The number of anilines is 1. The van der Waals surface area contributed by atoms with Gasteiger partial charge in [-0.3, -0.25) is 0 Å². The maximum atomic E-state index is 12.1. The second-order valence-corrected chi connectivity index (χ2v) is 6.04. The van der Waals surface area contributed by atoms with E-state index >= 15 is 0 Å². The Balaban J connectivity index is 2.25. The summed E-state index contributed by atoms with van der Waals surface area (Å²) in [4.78, 5) is 0.0697. The molecular weight excluding hydrogens is 260 g/mol. The van der Waals surface area contributed by atoms with E-state index in [0.29, 0.717) is 18.5 Å². The third-order valence-electron chi connectivity index (χ3n) is 2.58. The molecule has 0 saturated carbocycles. The van der Waals surface area contributed by atoms with Crippen molar-refractivity contribution in [3.63, 3.8) is 0 Å². The van der Waals surface area contributed by atoms with Crippen LogP contribution in [0.25, 0.3) is 0 Å². The summed E-state index contributed by atoms with van der Waals surface area (Å²) in [5.74, 6) is 0. The van der Waals surface area contributed by atoms with E-state index in [0.717, 1.165) is 0 Å². The van der Waals surface area contributed by atoms with Crippen LogP contribution in [0.15, 0.2) is 35.2 Å². The standard InChI is InChI=1S/C11H13ClN2O2S/c12-10-7-8(13)5-6-11(10)17(15,16)14-9-3-1-2-4-9/h1-2,5-7,9,14H,3-4,13H2. The summed E-state index contributed by atoms with van der Waals surface area (Å²) in [6, 6.07) is 4.30. The van der Waals surface area contributed by atoms with E-state index in [9.17, 15) is 8.42 Å². The van der Waals surface area contributed by atoms with Gasteiger partial charge in [-0.2, -0.15) is 0 Å². The molecule has 1 aromatic rings. The topological polar surface area (TPSA) is 72.2 Å². The number of nitrogen functional groups attached to an aromatic ring is 1. The van der Waals surface area contributed by atoms with Crippen molar-refractivity contribution in [1.29, 1.82) is 0 Å². The van der Waals surface area contributed by atoms with Crippen LogP contribution < -0.4 is 10.5 Å². The van der Waals surface area contributed by atoms with Gasteiger partial charge in [-0.1, -0.05) is 23.8 Å². The van der Waals surface area contributed by atoms with Crippen molar-refractivity contribution in [2.75, 3.05) is 5.73 Å². The van der Waals surface area contributed by atoms with Crippen molar-refractivity contribution in [2.45, 2.75) is 23.8 Å². The first-order valence-electron chi connectivity index (χ1n) is 5.21. The quantitative estimate of drug-likeness (QED) is 0.652. The molecule has 0 spiro atoms. The zero-order chi connectivity index (χ0) is 12.5. The van der Waals surface area contributed by atoms with E-state index in [1.54, 1.807) is 0 Å². The number of halogens is 1. The third-order valence-corrected chi connectivity index (χ3v) is 4.58. The summed E-state index contributed by atoms with van der Waals surface area (Å²) >= 11 is 5.88. The Morgan fingerprint density at radius 2 is 1.94 bits per heavy atom. The number of benzene rings is 1. The molecule has 6 heteroatoms. The van der Waals surface area contributed by atoms with Crippen molar-refractivity contribution < 1.29 is 8.42 Å². The molecule has 92 valence electrons. The minimum absolute atomic E-state index is 0.0697. The average Bonchev–Trinajstić information content (AvgIpc) is 2.68. The lowest BCUT2D eigenvalue weighted by Gasteiger charge is -2.13. The molecule has 0 aromatic heterocycles. The molecule has 17 heavy (non-hydrogen) atoms. The van der Waals surface area contributed by atoms with Crippen LogP contribution in [0.4, 0.5) is 5.69 Å². The van der Waals surface area contributed by atoms with Crippen LogP contribution in [0, 0.1) is 0 Å². The zero-order valence-electron chi connectivity index (χ0n) is 9.06. The van der Waals surface area contributed by atoms with E-state index in [1.807, 2.05) is 12.2 Å². The largest absolute Gasteiger partial charge is 0.399 e. The lowest BCUT2D eigenvalue weighted by atomic mass is 10.3. The highest BCUT2D eigenvalue weighted by Crippen LogP contribution is 2.24. The van der Waals surface area contributed by atoms with Gasteiger partial charge in [-0.15, -0.1) is 0 Å². The highest BCUT2D eigenvalue weighted by Gasteiger charge is 2.22. The highest BCUT2D eigenvalue weighted by molar-refractivity contribution is 7.89. The predicted molar refractivity (Wildman–Crippen MR) is 68.3 cm³/mol. The smallest absolute Gasteiger partial charge is 0.242 e. The molecule has 0 radical (unpaired) electrons. The van der Waals surface area contributed by atoms with E-state index in [1.165, 1.54) is 18.2 Å². The lowest BCUT2D eigenvalue weighted by Crippen LogP contribution is -2.33. The molecule has 0 amide bonds. The van der Waals surface area contributed by atoms with Gasteiger partial charge in [0.2, 0.25) is 10.0 Å². The van der Waals surface area contributed by atoms with Gasteiger partial charge in [0.15, 0.2) is 0 Å². The van der Waals surface area contributed by atoms with Crippen LogP contribution in [-0.4, -0.2) is 14.5 Å². The van der Waals surface area contributed by atoms with Gasteiger partial charge in [-0.05, 0) is 31.0 Å². The second kappa shape index (κ2) is 4.68. The third kappa shape index (κ3) is 2.80. The normalized spacial score (nSPS) is 16.5. The Hall–Kier alpha value is -1.04. The fraction of sp³-hybridized carbons (Fsp3) is 0.273. The molecule has 1 aliphatic carbocycles. The minimum Gasteiger partial charge on any atom is -0.399 e. The van der Waals surface area contributed by atoms with Crippen LogP contribution in [-0.2, 0) is 10.0 Å². The van der Waals surface area contributed by atoms with E-state index in [4.69, 9.17) is 17.3 Å². The summed E-state index contributed by atoms with van der Waals surface area (Å²) < 4.78 is 26.7. The van der Waals surface area contributed by atoms with Gasteiger partial charge >= 0.3 is 0 Å². The molecule has 4 nitrogen and oxygen atoms in total. The first-order chi connectivity index (χ1) is 7.99. The molecule has 0 atom stereocenters. The van der Waals surface area contributed by atoms with E-state index in [2.05, 4.69) is 4.72 Å². The van der Waals surface area contributed by atoms with Gasteiger partial charge in [-0.25, -0.2) is 13.1 Å². The number of sulfonamides is 1. The average molecular weight is 273 g/mol. The molecule has 0 saturated heterocycles. The first kappa shape index (κ1) is 12.4. The van der Waals surface area contributed by atoms with Gasteiger partial charge in [0.05, 0.1) is 5.02 Å². The van der Waals surface area contributed by atoms with Crippen molar-refractivity contribution in [2.24, 2.45) is 0 Å². The van der Waals surface area contributed by atoms with Crippen molar-refractivity contribution in [3.05, 3.63) is 35.4 Å². The summed E-state index contributed by atoms with van der Waals surface area (Å²) in [5, 5.41) is 0.142. The van der Waals surface area contributed by atoms with E-state index in [-0.39, 0.29) is 16.0 Å². The Morgan fingerprint density at radius 1 is 1.29 bits per heavy atom. The van der Waals surface area contributed by atoms with Crippen molar-refractivity contribution in [1.82, 2.24) is 4.72 Å². The fourth-order valence-electron chi connectivity index (χ4n) is 1.73. The van der Waals surface area contributed by atoms with Gasteiger partial charge < -0.3 is 5.73 Å². The summed E-state index contributed by atoms with van der Waals surface area (Å²) in [5.41, 5.74) is 5.97. The summed E-state index contributed by atoms with van der Waals surface area (Å²) in [7, 11) is -3.57. The van der Waals surface area contributed by atoms with Crippen LogP contribution in [0.3, 0.4) is 0 Å². The zero-order valence-corrected chi connectivity index (χ0v) is 10.6. The maximum absolute atomic E-state index is 12.1. The van der Waals surface area contributed by atoms with Gasteiger partial charge in [0.1, 0.15) is 4.90 Å². The van der Waals surface area contributed by atoms with E-state index < -0.39 is 10.0 Å². The first-order valence-corrected chi connectivity index (χ1v) is 7.07. The number of rotatable bonds is 3. The van der Waals surface area contributed by atoms with Crippen molar-refractivity contribution >= 4 is 27.3 Å². The Morgan fingerprint density at radius 3 is 2.53 bits per heavy atom. The highest BCUT2D eigenvalue weighted by atomic mass is 35.5. The molecule has 1 aromatic carbocycles. The number of nitrogens with two attached hydrogens (primary N) is 1. The molecule has 0 bridgehead atoms. The fourth-order valence-corrected chi connectivity index (χ4v) is 3.55. The number of hydrogen-bond donors (Lipinski definition) is 2. The number of hydrogen-bond acceptors (Lipinski definition) is 3. The SMILES string of the molecule is Nc1ccc(S(=O)(=O)NC2CC=CC2)c(Cl)c1. The Labute approximate surface area is 106 Å². The molecule has 0 fully saturated rings. The second-order valence-electron chi connectivity index (χ2n) is 3.95. The molecule has 0 aliphatic heterocycles. The molecule has 0 unspecified atom stereocenters. The van der Waals surface area contributed by atoms with Crippen molar-refractivity contribution in [3.8, 4) is 0 Å². The molecular formula is C11H13ClN2O2S. The van der Waals surface area contributed by atoms with Crippen LogP contribution in [0.1, 0.15) is 12.8 Å². The summed E-state index contributed by atoms with van der Waals surface area (Å²) in [6.45, 7) is 0. The summed E-state index contributed by atoms with van der Waals surface area (Å²) in [6.07, 6.45) is 5.34. The molecule has 1 aliphatic rings. The predicted octanol–water partition coefficient (Wildman–Crippen LogP) is 1.92. The maximum Gasteiger partial charge on any atom is 0.242 e. The van der Waals surface area contributed by atoms with Gasteiger partial charge in [0, 0.05) is 11.7 Å². The van der Waals surface area contributed by atoms with Crippen LogP contribution in [0.5, 0.6) is 0 Å². The Bertz CT molecular complexity index is 547. The van der Waals surface area contributed by atoms with Crippen LogP contribution >= 0.6 is 11.6 Å². The Kier molecular flexibility index (Phi) is 3.42. The molecule has 2 rings (SSSR count). The number of nitrogens with one attached hydrogen (secondary N) is 1. The van der Waals surface area contributed by atoms with Crippen LogP contribution in [0.2, 0.25) is 5.02 Å². The minimum atomic E-state index is -3.57. The van der Waals surface area contributed by atoms with Gasteiger partial charge in [0.25, 0.3) is 0 Å². The molecule has 3 N–H and O–H groups in total.